The van der Waals surface area contributed by atoms with Gasteiger partial charge in [-0.15, -0.1) is 0 Å². The van der Waals surface area contributed by atoms with E-state index < -0.39 is 0 Å². The van der Waals surface area contributed by atoms with E-state index in [1.165, 1.54) is 30.6 Å². The molecule has 17 heavy (non-hydrogen) atoms. The fraction of sp³-hybridized carbons (Fsp3) is 0.600. The summed E-state index contributed by atoms with van der Waals surface area (Å²) in [5, 5.41) is 3.66. The first-order valence-corrected chi connectivity index (χ1v) is 6.70. The predicted molar refractivity (Wildman–Crippen MR) is 74.7 cm³/mol. The minimum Gasteiger partial charge on any atom is -0.381 e. The Balaban J connectivity index is 2.00. The molecule has 94 valence electrons. The molecule has 0 spiro atoms. The fourth-order valence-electron chi connectivity index (χ4n) is 2.51. The van der Waals surface area contributed by atoms with Gasteiger partial charge in [-0.3, -0.25) is 0 Å². The Morgan fingerprint density at radius 1 is 1.35 bits per heavy atom. The van der Waals surface area contributed by atoms with Crippen molar-refractivity contribution in [3.63, 3.8) is 0 Å². The summed E-state index contributed by atoms with van der Waals surface area (Å²) < 4.78 is 0. The zero-order chi connectivity index (χ0) is 12.3. The second-order valence-electron chi connectivity index (χ2n) is 5.53. The summed E-state index contributed by atoms with van der Waals surface area (Å²) in [6, 6.07) is 9.45. The van der Waals surface area contributed by atoms with Crippen LogP contribution in [0.1, 0.15) is 38.2 Å². The van der Waals surface area contributed by atoms with Gasteiger partial charge in [0.25, 0.3) is 0 Å². The van der Waals surface area contributed by atoms with Crippen molar-refractivity contribution < 1.29 is 0 Å². The van der Waals surface area contributed by atoms with Gasteiger partial charge in [0, 0.05) is 18.3 Å². The van der Waals surface area contributed by atoms with Crippen LogP contribution < -0.4 is 5.32 Å². The summed E-state index contributed by atoms with van der Waals surface area (Å²) in [6.45, 7) is 6.89. The van der Waals surface area contributed by atoms with Gasteiger partial charge in [-0.1, -0.05) is 26.0 Å². The van der Waals surface area contributed by atoms with Gasteiger partial charge in [-0.2, -0.15) is 0 Å². The molecule has 1 unspecified atom stereocenters. The summed E-state index contributed by atoms with van der Waals surface area (Å²) in [4.78, 5) is 2.41. The highest BCUT2D eigenvalue weighted by Crippen LogP contribution is 2.20. The first kappa shape index (κ1) is 12.4. The van der Waals surface area contributed by atoms with Crippen molar-refractivity contribution in [1.29, 1.82) is 0 Å². The monoisotopic (exact) mass is 232 g/mol. The zero-order valence-electron chi connectivity index (χ0n) is 11.2. The molecule has 0 aliphatic carbocycles. The average Bonchev–Trinajstić information content (AvgIpc) is 2.29. The van der Waals surface area contributed by atoms with E-state index in [0.29, 0.717) is 12.0 Å². The van der Waals surface area contributed by atoms with Gasteiger partial charge < -0.3 is 10.2 Å². The Morgan fingerprint density at radius 3 is 2.88 bits per heavy atom. The summed E-state index contributed by atoms with van der Waals surface area (Å²) in [6.07, 6.45) is 2.59. The van der Waals surface area contributed by atoms with Crippen molar-refractivity contribution in [3.8, 4) is 0 Å². The number of benzene rings is 1. The number of rotatable bonds is 3. The minimum absolute atomic E-state index is 0.603. The second-order valence-corrected chi connectivity index (χ2v) is 5.53. The Hall–Kier alpha value is -1.02. The fourth-order valence-corrected chi connectivity index (χ4v) is 2.51. The summed E-state index contributed by atoms with van der Waals surface area (Å²) in [7, 11) is 2.21. The minimum atomic E-state index is 0.603. The third-order valence-corrected chi connectivity index (χ3v) is 3.55. The first-order valence-electron chi connectivity index (χ1n) is 6.70. The van der Waals surface area contributed by atoms with Crippen molar-refractivity contribution in [2.24, 2.45) is 0 Å². The Labute approximate surface area is 105 Å². The van der Waals surface area contributed by atoms with E-state index in [-0.39, 0.29) is 0 Å². The van der Waals surface area contributed by atoms with Crippen LogP contribution in [0, 0.1) is 0 Å². The Kier molecular flexibility index (Phi) is 4.06. The highest BCUT2D eigenvalue weighted by molar-refractivity contribution is 5.47. The van der Waals surface area contributed by atoms with Crippen LogP contribution in [0.3, 0.4) is 0 Å². The number of piperidine rings is 1. The van der Waals surface area contributed by atoms with Gasteiger partial charge in [0.1, 0.15) is 0 Å². The van der Waals surface area contributed by atoms with E-state index in [4.69, 9.17) is 0 Å². The first-order chi connectivity index (χ1) is 8.15. The van der Waals surface area contributed by atoms with E-state index in [1.54, 1.807) is 0 Å². The molecule has 0 radical (unpaired) electrons. The average molecular weight is 232 g/mol. The molecule has 1 aromatic rings. The lowest BCUT2D eigenvalue weighted by atomic mass is 10.0. The maximum absolute atomic E-state index is 3.66. The van der Waals surface area contributed by atoms with Crippen molar-refractivity contribution >= 4 is 5.69 Å². The summed E-state index contributed by atoms with van der Waals surface area (Å²) in [5.41, 5.74) is 2.69. The van der Waals surface area contributed by atoms with Crippen LogP contribution in [0.15, 0.2) is 24.3 Å². The predicted octanol–water partition coefficient (Wildman–Crippen LogP) is 3.32. The molecule has 1 saturated heterocycles. The topological polar surface area (TPSA) is 15.3 Å². The molecule has 1 N–H and O–H groups in total. The molecule has 1 heterocycles. The Bertz CT molecular complexity index is 360. The second kappa shape index (κ2) is 5.54. The Morgan fingerprint density at radius 2 is 2.18 bits per heavy atom. The van der Waals surface area contributed by atoms with E-state index >= 15 is 0 Å². The van der Waals surface area contributed by atoms with Crippen LogP contribution in [0.2, 0.25) is 0 Å². The van der Waals surface area contributed by atoms with Gasteiger partial charge in [-0.25, -0.2) is 0 Å². The number of hydrogen-bond acceptors (Lipinski definition) is 2. The summed E-state index contributed by atoms with van der Waals surface area (Å²) in [5.74, 6) is 0.603. The smallest absolute Gasteiger partial charge is 0.0388 e. The highest BCUT2D eigenvalue weighted by Gasteiger charge is 2.16. The van der Waals surface area contributed by atoms with Crippen LogP contribution in [0.25, 0.3) is 0 Å². The third kappa shape index (κ3) is 3.47. The molecular weight excluding hydrogens is 208 g/mol. The maximum atomic E-state index is 3.66. The van der Waals surface area contributed by atoms with Gasteiger partial charge >= 0.3 is 0 Å². The number of anilines is 1. The lowest BCUT2D eigenvalue weighted by molar-refractivity contribution is 0.261. The molecule has 1 aliphatic rings. The van der Waals surface area contributed by atoms with Gasteiger partial charge in [-0.05, 0) is 50.0 Å². The normalized spacial score (nSPS) is 21.8. The van der Waals surface area contributed by atoms with E-state index in [9.17, 15) is 0 Å². The SMILES string of the molecule is CC(C)c1cccc(NC2CCCN(C)C2)c1. The molecule has 1 atom stereocenters. The lowest BCUT2D eigenvalue weighted by Crippen LogP contribution is -2.39. The number of nitrogens with one attached hydrogen (secondary N) is 1. The van der Waals surface area contributed by atoms with E-state index in [2.05, 4.69) is 55.4 Å². The van der Waals surface area contributed by atoms with Gasteiger partial charge in [0.15, 0.2) is 0 Å². The van der Waals surface area contributed by atoms with Crippen LogP contribution in [0.5, 0.6) is 0 Å². The van der Waals surface area contributed by atoms with E-state index in [0.717, 1.165) is 6.54 Å². The highest BCUT2D eigenvalue weighted by atomic mass is 15.1. The van der Waals surface area contributed by atoms with Gasteiger partial charge in [0.2, 0.25) is 0 Å². The number of likely N-dealkylation sites (tertiary alicyclic amines) is 1. The lowest BCUT2D eigenvalue weighted by Gasteiger charge is -2.31. The molecule has 1 aromatic carbocycles. The standard InChI is InChI=1S/C15H24N2/c1-12(2)13-6-4-7-14(10-13)16-15-8-5-9-17(3)11-15/h4,6-7,10,12,15-16H,5,8-9,11H2,1-3H3. The van der Waals surface area contributed by atoms with Crippen LogP contribution >= 0.6 is 0 Å². The molecule has 2 heteroatoms. The molecule has 2 rings (SSSR count). The van der Waals surface area contributed by atoms with Gasteiger partial charge in [0.05, 0.1) is 0 Å². The molecule has 1 fully saturated rings. The number of hydrogen-bond donors (Lipinski definition) is 1. The van der Waals surface area contributed by atoms with Crippen molar-refractivity contribution in [3.05, 3.63) is 29.8 Å². The molecule has 2 nitrogen and oxygen atoms in total. The van der Waals surface area contributed by atoms with Crippen LogP contribution in [0.4, 0.5) is 5.69 Å². The van der Waals surface area contributed by atoms with E-state index in [1.807, 2.05) is 0 Å². The molecule has 1 aliphatic heterocycles. The molecule has 0 amide bonds. The molecule has 0 bridgehead atoms. The molecule has 0 saturated carbocycles. The largest absolute Gasteiger partial charge is 0.381 e. The number of nitrogens with zero attached hydrogens (tertiary/aromatic N) is 1. The van der Waals surface area contributed by atoms with Crippen molar-refractivity contribution in [2.45, 2.75) is 38.6 Å². The van der Waals surface area contributed by atoms with Crippen molar-refractivity contribution in [1.82, 2.24) is 4.90 Å². The third-order valence-electron chi connectivity index (χ3n) is 3.55. The van der Waals surface area contributed by atoms with Crippen LogP contribution in [-0.2, 0) is 0 Å². The number of likely N-dealkylation sites (N-methyl/N-ethyl adjacent to an activating group) is 1. The molecule has 0 aromatic heterocycles. The quantitative estimate of drug-likeness (QED) is 0.860. The summed E-state index contributed by atoms with van der Waals surface area (Å²) >= 11 is 0. The van der Waals surface area contributed by atoms with Crippen molar-refractivity contribution in [2.75, 3.05) is 25.5 Å². The van der Waals surface area contributed by atoms with Crippen LogP contribution in [-0.4, -0.2) is 31.1 Å². The zero-order valence-corrected chi connectivity index (χ0v) is 11.2. The molecular formula is C15H24N2. The maximum Gasteiger partial charge on any atom is 0.0388 e.